The van der Waals surface area contributed by atoms with E-state index in [1.807, 2.05) is 0 Å². The molecular weight excluding hydrogens is 340 g/mol. The van der Waals surface area contributed by atoms with Gasteiger partial charge in [0.1, 0.15) is 5.60 Å². The summed E-state index contributed by atoms with van der Waals surface area (Å²) in [5.41, 5.74) is -0.491. The molecule has 0 aromatic rings. The van der Waals surface area contributed by atoms with Gasteiger partial charge >= 0.3 is 18.0 Å². The molecule has 1 amide bonds. The molecule has 2 aliphatic heterocycles. The first-order valence-corrected chi connectivity index (χ1v) is 7.69. The number of nitrogens with zero attached hydrogens (tertiary/aromatic N) is 1. The molecule has 0 radical (unpaired) electrons. The van der Waals surface area contributed by atoms with Gasteiger partial charge < -0.3 is 25.2 Å². The number of carbonyl (C=O) groups excluding carboxylic acids is 1. The number of aliphatic carboxylic acids is 2. The van der Waals surface area contributed by atoms with E-state index in [1.165, 1.54) is 4.90 Å². The maximum atomic E-state index is 11.4. The first-order valence-electron chi connectivity index (χ1n) is 7.69. The van der Waals surface area contributed by atoms with E-state index in [9.17, 15) is 14.4 Å². The number of carbonyl (C=O) groups is 3. The van der Waals surface area contributed by atoms with E-state index in [4.69, 9.17) is 14.9 Å². The zero-order chi connectivity index (χ0) is 17.6. The number of hydrogen-bond donors (Lipinski definition) is 3. The van der Waals surface area contributed by atoms with Crippen LogP contribution in [0.2, 0.25) is 0 Å². The summed E-state index contributed by atoms with van der Waals surface area (Å²) in [5, 5.41) is 19.7. The number of halogens is 1. The Labute approximate surface area is 147 Å². The van der Waals surface area contributed by atoms with Crippen molar-refractivity contribution in [1.82, 2.24) is 10.2 Å². The molecule has 140 valence electrons. The van der Waals surface area contributed by atoms with Crippen LogP contribution in [0, 0.1) is 11.8 Å². The van der Waals surface area contributed by atoms with Crippen molar-refractivity contribution in [1.29, 1.82) is 0 Å². The third kappa shape index (κ3) is 8.93. The van der Waals surface area contributed by atoms with E-state index in [0.717, 1.165) is 13.1 Å². The molecule has 0 saturated carbocycles. The van der Waals surface area contributed by atoms with E-state index in [2.05, 4.69) is 5.32 Å². The monoisotopic (exact) mass is 366 g/mol. The Hall–Kier alpha value is -1.54. The average molecular weight is 367 g/mol. The van der Waals surface area contributed by atoms with Gasteiger partial charge in [0.05, 0.1) is 12.8 Å². The molecule has 24 heavy (non-hydrogen) atoms. The molecule has 9 heteroatoms. The summed E-state index contributed by atoms with van der Waals surface area (Å²) in [5.74, 6) is -1.03. The highest BCUT2D eigenvalue weighted by atomic mass is 35.5. The fraction of sp³-hybridized carbons (Fsp3) is 0.800. The Morgan fingerprint density at radius 3 is 1.79 bits per heavy atom. The highest BCUT2D eigenvalue weighted by molar-refractivity contribution is 5.85. The van der Waals surface area contributed by atoms with Crippen LogP contribution in [0.15, 0.2) is 0 Å². The Morgan fingerprint density at radius 1 is 1.04 bits per heavy atom. The lowest BCUT2D eigenvalue weighted by atomic mass is 9.97. The molecule has 0 aromatic carbocycles. The van der Waals surface area contributed by atoms with Crippen molar-refractivity contribution in [2.45, 2.75) is 39.2 Å². The molecule has 0 bridgehead atoms. The van der Waals surface area contributed by atoms with Gasteiger partial charge in [-0.25, -0.2) is 4.79 Å². The first-order chi connectivity index (χ1) is 10.6. The van der Waals surface area contributed by atoms with E-state index < -0.39 is 17.5 Å². The first kappa shape index (κ1) is 22.5. The van der Waals surface area contributed by atoms with Gasteiger partial charge in [0.25, 0.3) is 0 Å². The van der Waals surface area contributed by atoms with Crippen LogP contribution in [-0.4, -0.2) is 64.9 Å². The Balaban J connectivity index is 0.000000498. The van der Waals surface area contributed by atoms with Gasteiger partial charge in [-0.1, -0.05) is 0 Å². The molecule has 0 aliphatic carbocycles. The second kappa shape index (κ2) is 9.68. The van der Waals surface area contributed by atoms with Gasteiger partial charge in [-0.15, -0.1) is 12.4 Å². The lowest BCUT2D eigenvalue weighted by Gasteiger charge is -2.39. The number of nitrogens with one attached hydrogen (secondary N) is 1. The summed E-state index contributed by atoms with van der Waals surface area (Å²) < 4.78 is 5.13. The van der Waals surface area contributed by atoms with Gasteiger partial charge in [-0.05, 0) is 39.8 Å². The second-order valence-electron chi connectivity index (χ2n) is 6.97. The van der Waals surface area contributed by atoms with Crippen LogP contribution in [0.5, 0.6) is 0 Å². The lowest BCUT2D eigenvalue weighted by Crippen LogP contribution is -2.52. The van der Waals surface area contributed by atoms with Gasteiger partial charge in [-0.3, -0.25) is 9.59 Å². The highest BCUT2D eigenvalue weighted by Crippen LogP contribution is 2.21. The summed E-state index contributed by atoms with van der Waals surface area (Å²) in [7, 11) is 0. The minimum atomic E-state index is -0.816. The van der Waals surface area contributed by atoms with Crippen molar-refractivity contribution in [2.24, 2.45) is 11.8 Å². The number of amides is 1. The standard InChI is InChI=1S/C10H17NO4.C5H9NO2.ClH/c1-10(2,3)15-9(14)11-5-7(6-11)4-8(12)13;7-5(8)1-4-2-6-3-4;/h7H,4-6H2,1-3H3,(H,12,13);4,6H,1-3H2,(H,7,8);1H. The summed E-state index contributed by atoms with van der Waals surface area (Å²) in [6, 6.07) is 0. The molecular formula is C15H27ClN2O6. The van der Waals surface area contributed by atoms with Crippen LogP contribution >= 0.6 is 12.4 Å². The molecule has 2 aliphatic rings. The number of carboxylic acid groups (broad SMARTS) is 2. The molecule has 8 nitrogen and oxygen atoms in total. The molecule has 0 unspecified atom stereocenters. The van der Waals surface area contributed by atoms with E-state index in [1.54, 1.807) is 20.8 Å². The quantitative estimate of drug-likeness (QED) is 0.689. The summed E-state index contributed by atoms with van der Waals surface area (Å²) >= 11 is 0. The van der Waals surface area contributed by atoms with Crippen molar-refractivity contribution >= 4 is 30.4 Å². The van der Waals surface area contributed by atoms with Crippen LogP contribution < -0.4 is 5.32 Å². The van der Waals surface area contributed by atoms with E-state index in [-0.39, 0.29) is 30.8 Å². The van der Waals surface area contributed by atoms with Crippen LogP contribution in [-0.2, 0) is 14.3 Å². The Morgan fingerprint density at radius 2 is 1.50 bits per heavy atom. The highest BCUT2D eigenvalue weighted by Gasteiger charge is 2.34. The Bertz CT molecular complexity index is 442. The zero-order valence-electron chi connectivity index (χ0n) is 14.3. The predicted molar refractivity (Wildman–Crippen MR) is 89.4 cm³/mol. The third-order valence-corrected chi connectivity index (χ3v) is 3.40. The molecule has 2 rings (SSSR count). The second-order valence-corrected chi connectivity index (χ2v) is 6.97. The molecule has 2 fully saturated rings. The van der Waals surface area contributed by atoms with Crippen molar-refractivity contribution in [3.05, 3.63) is 0 Å². The lowest BCUT2D eigenvalue weighted by molar-refractivity contribution is -0.140. The average Bonchev–Trinajstić information content (AvgIpc) is 2.26. The van der Waals surface area contributed by atoms with E-state index >= 15 is 0 Å². The topological polar surface area (TPSA) is 116 Å². The summed E-state index contributed by atoms with van der Waals surface area (Å²) in [6.07, 6.45) is 0.0934. The number of carboxylic acids is 2. The van der Waals surface area contributed by atoms with Crippen molar-refractivity contribution in [3.8, 4) is 0 Å². The molecule has 0 atom stereocenters. The largest absolute Gasteiger partial charge is 0.481 e. The summed E-state index contributed by atoms with van der Waals surface area (Å²) in [6.45, 7) is 8.15. The smallest absolute Gasteiger partial charge is 0.410 e. The van der Waals surface area contributed by atoms with Gasteiger partial charge in [0.2, 0.25) is 0 Å². The third-order valence-electron chi connectivity index (χ3n) is 3.40. The maximum absolute atomic E-state index is 11.4. The summed E-state index contributed by atoms with van der Waals surface area (Å²) in [4.78, 5) is 33.3. The van der Waals surface area contributed by atoms with Crippen LogP contribution in [0.4, 0.5) is 4.79 Å². The van der Waals surface area contributed by atoms with Crippen molar-refractivity contribution < 1.29 is 29.3 Å². The molecule has 0 spiro atoms. The Kier molecular flexibility index (Phi) is 9.06. The van der Waals surface area contributed by atoms with Gasteiger partial charge in [0.15, 0.2) is 0 Å². The van der Waals surface area contributed by atoms with Crippen molar-refractivity contribution in [2.75, 3.05) is 26.2 Å². The number of likely N-dealkylation sites (tertiary alicyclic amines) is 1. The normalized spacial score (nSPS) is 17.4. The SMILES string of the molecule is CC(C)(C)OC(=O)N1CC(CC(=O)O)C1.Cl.O=C(O)CC1CNC1. The van der Waals surface area contributed by atoms with Crippen LogP contribution in [0.1, 0.15) is 33.6 Å². The van der Waals surface area contributed by atoms with Gasteiger partial charge in [-0.2, -0.15) is 0 Å². The zero-order valence-corrected chi connectivity index (χ0v) is 15.1. The predicted octanol–water partition coefficient (Wildman–Crippen LogP) is 1.43. The van der Waals surface area contributed by atoms with E-state index in [0.29, 0.717) is 25.4 Å². The fourth-order valence-corrected chi connectivity index (χ4v) is 2.16. The molecule has 2 heterocycles. The molecule has 2 saturated heterocycles. The number of hydrogen-bond acceptors (Lipinski definition) is 5. The van der Waals surface area contributed by atoms with Gasteiger partial charge in [0, 0.05) is 19.0 Å². The molecule has 3 N–H and O–H groups in total. The number of ether oxygens (including phenoxy) is 1. The maximum Gasteiger partial charge on any atom is 0.410 e. The van der Waals surface area contributed by atoms with Crippen molar-refractivity contribution in [3.63, 3.8) is 0 Å². The molecule has 0 aromatic heterocycles. The minimum Gasteiger partial charge on any atom is -0.481 e. The number of rotatable bonds is 4. The van der Waals surface area contributed by atoms with Crippen LogP contribution in [0.3, 0.4) is 0 Å². The van der Waals surface area contributed by atoms with Crippen LogP contribution in [0.25, 0.3) is 0 Å². The minimum absolute atomic E-state index is 0. The fourth-order valence-electron chi connectivity index (χ4n) is 2.16.